The monoisotopic (exact) mass is 148 g/mol. The summed E-state index contributed by atoms with van der Waals surface area (Å²) in [5.41, 5.74) is 0.781. The zero-order chi connectivity index (χ0) is 7.68. The van der Waals surface area contributed by atoms with Crippen molar-refractivity contribution < 1.29 is 4.79 Å². The van der Waals surface area contributed by atoms with Crippen molar-refractivity contribution in [2.75, 3.05) is 0 Å². The number of nitrogens with one attached hydrogen (secondary N) is 1. The first-order valence-electron chi connectivity index (χ1n) is 3.53. The van der Waals surface area contributed by atoms with Gasteiger partial charge < -0.3 is 5.32 Å². The molecule has 0 aromatic carbocycles. The lowest BCUT2D eigenvalue weighted by Crippen LogP contribution is -2.25. The SMILES string of the molecule is O=CC1=CNC2N=CC=CC12. The van der Waals surface area contributed by atoms with E-state index in [-0.39, 0.29) is 12.1 Å². The molecule has 2 rings (SSSR count). The van der Waals surface area contributed by atoms with E-state index in [1.807, 2.05) is 12.2 Å². The van der Waals surface area contributed by atoms with Gasteiger partial charge in [-0.3, -0.25) is 9.79 Å². The van der Waals surface area contributed by atoms with Crippen LogP contribution in [0.25, 0.3) is 0 Å². The first-order chi connectivity index (χ1) is 5.42. The molecular weight excluding hydrogens is 140 g/mol. The van der Waals surface area contributed by atoms with E-state index in [2.05, 4.69) is 10.3 Å². The van der Waals surface area contributed by atoms with Crippen molar-refractivity contribution in [3.05, 3.63) is 23.9 Å². The van der Waals surface area contributed by atoms with Crippen LogP contribution in [-0.4, -0.2) is 18.7 Å². The smallest absolute Gasteiger partial charge is 0.148 e. The van der Waals surface area contributed by atoms with Crippen LogP contribution in [-0.2, 0) is 4.79 Å². The Balaban J connectivity index is 2.26. The summed E-state index contributed by atoms with van der Waals surface area (Å²) in [4.78, 5) is 14.6. The van der Waals surface area contributed by atoms with Gasteiger partial charge >= 0.3 is 0 Å². The topological polar surface area (TPSA) is 41.5 Å². The summed E-state index contributed by atoms with van der Waals surface area (Å²) >= 11 is 0. The quantitative estimate of drug-likeness (QED) is 0.542. The van der Waals surface area contributed by atoms with Gasteiger partial charge in [-0.2, -0.15) is 0 Å². The van der Waals surface area contributed by atoms with Crippen molar-refractivity contribution in [3.8, 4) is 0 Å². The molecule has 0 aliphatic carbocycles. The van der Waals surface area contributed by atoms with Crippen molar-refractivity contribution in [1.29, 1.82) is 0 Å². The normalized spacial score (nSPS) is 32.5. The van der Waals surface area contributed by atoms with Crippen molar-refractivity contribution in [1.82, 2.24) is 5.32 Å². The van der Waals surface area contributed by atoms with E-state index >= 15 is 0 Å². The molecule has 0 aromatic rings. The Morgan fingerprint density at radius 2 is 2.55 bits per heavy atom. The standard InChI is InChI=1S/C8H8N2O/c11-5-6-4-10-8-7(6)2-1-3-9-8/h1-5,7-8,10H. The fourth-order valence-corrected chi connectivity index (χ4v) is 1.34. The number of hydrogen-bond donors (Lipinski definition) is 1. The third kappa shape index (κ3) is 0.888. The van der Waals surface area contributed by atoms with Crippen LogP contribution in [0.3, 0.4) is 0 Å². The highest BCUT2D eigenvalue weighted by molar-refractivity contribution is 5.79. The van der Waals surface area contributed by atoms with Crippen molar-refractivity contribution >= 4 is 12.5 Å². The Hall–Kier alpha value is -1.38. The third-order valence-corrected chi connectivity index (χ3v) is 1.93. The van der Waals surface area contributed by atoms with Gasteiger partial charge in [0.2, 0.25) is 0 Å². The van der Waals surface area contributed by atoms with Crippen molar-refractivity contribution in [2.45, 2.75) is 6.17 Å². The molecule has 2 aliphatic rings. The first kappa shape index (κ1) is 6.34. The van der Waals surface area contributed by atoms with Gasteiger partial charge in [0.25, 0.3) is 0 Å². The molecule has 0 radical (unpaired) electrons. The minimum atomic E-state index is 0.0557. The van der Waals surface area contributed by atoms with E-state index in [0.717, 1.165) is 11.9 Å². The Kier molecular flexibility index (Phi) is 1.35. The summed E-state index contributed by atoms with van der Waals surface area (Å²) in [6, 6.07) is 0. The largest absolute Gasteiger partial charge is 0.369 e. The first-order valence-corrected chi connectivity index (χ1v) is 3.53. The highest BCUT2D eigenvalue weighted by Crippen LogP contribution is 2.23. The molecule has 2 atom stereocenters. The minimum absolute atomic E-state index is 0.0557. The zero-order valence-electron chi connectivity index (χ0n) is 5.90. The fourth-order valence-electron chi connectivity index (χ4n) is 1.34. The molecular formula is C8H8N2O. The summed E-state index contributed by atoms with van der Waals surface area (Å²) in [7, 11) is 0. The molecule has 3 nitrogen and oxygen atoms in total. The van der Waals surface area contributed by atoms with Crippen LogP contribution in [0.2, 0.25) is 0 Å². The number of nitrogens with zero attached hydrogens (tertiary/aromatic N) is 1. The molecule has 0 aromatic heterocycles. The maximum atomic E-state index is 10.5. The minimum Gasteiger partial charge on any atom is -0.369 e. The van der Waals surface area contributed by atoms with Crippen LogP contribution in [0.5, 0.6) is 0 Å². The number of carbonyl (C=O) groups excluding carboxylic acids is 1. The maximum absolute atomic E-state index is 10.5. The molecule has 0 saturated carbocycles. The van der Waals surface area contributed by atoms with Gasteiger partial charge in [0.1, 0.15) is 12.5 Å². The van der Waals surface area contributed by atoms with Gasteiger partial charge in [-0.05, 0) is 6.08 Å². The van der Waals surface area contributed by atoms with Gasteiger partial charge in [0.05, 0.1) is 0 Å². The number of allylic oxidation sites excluding steroid dienone is 1. The number of aliphatic imine (C=N–C) groups is 1. The highest BCUT2D eigenvalue weighted by Gasteiger charge is 2.27. The molecule has 0 bridgehead atoms. The number of hydrogen-bond acceptors (Lipinski definition) is 3. The van der Waals surface area contributed by atoms with Gasteiger partial charge in [0, 0.05) is 23.9 Å². The molecule has 0 fully saturated rings. The summed E-state index contributed by atoms with van der Waals surface area (Å²) in [6.07, 6.45) is 8.26. The Morgan fingerprint density at radius 1 is 1.64 bits per heavy atom. The number of rotatable bonds is 1. The molecule has 56 valence electrons. The Bertz CT molecular complexity index is 265. The van der Waals surface area contributed by atoms with Gasteiger partial charge in [0.15, 0.2) is 0 Å². The molecule has 11 heavy (non-hydrogen) atoms. The highest BCUT2D eigenvalue weighted by atomic mass is 16.1. The third-order valence-electron chi connectivity index (χ3n) is 1.93. The van der Waals surface area contributed by atoms with E-state index < -0.39 is 0 Å². The molecule has 0 amide bonds. The van der Waals surface area contributed by atoms with Crippen molar-refractivity contribution in [3.63, 3.8) is 0 Å². The van der Waals surface area contributed by atoms with E-state index in [0.29, 0.717) is 0 Å². The summed E-state index contributed by atoms with van der Waals surface area (Å²) in [5, 5.41) is 3.02. The average Bonchev–Trinajstić information content (AvgIpc) is 2.47. The average molecular weight is 148 g/mol. The second-order valence-electron chi connectivity index (χ2n) is 2.58. The zero-order valence-corrected chi connectivity index (χ0v) is 5.90. The molecule has 0 spiro atoms. The van der Waals surface area contributed by atoms with E-state index in [1.54, 1.807) is 12.4 Å². The van der Waals surface area contributed by atoms with E-state index in [4.69, 9.17) is 0 Å². The summed E-state index contributed by atoms with van der Waals surface area (Å²) in [6.45, 7) is 0. The Morgan fingerprint density at radius 3 is 3.36 bits per heavy atom. The van der Waals surface area contributed by atoms with Gasteiger partial charge in [-0.1, -0.05) is 6.08 Å². The molecule has 2 unspecified atom stereocenters. The predicted octanol–water partition coefficient (Wildman–Crippen LogP) is 0.255. The van der Waals surface area contributed by atoms with Crippen LogP contribution in [0.15, 0.2) is 28.9 Å². The van der Waals surface area contributed by atoms with Crippen LogP contribution >= 0.6 is 0 Å². The Labute approximate surface area is 64.5 Å². The molecule has 2 aliphatic heterocycles. The van der Waals surface area contributed by atoms with Gasteiger partial charge in [-0.25, -0.2) is 0 Å². The molecule has 1 N–H and O–H groups in total. The van der Waals surface area contributed by atoms with Crippen LogP contribution in [0.4, 0.5) is 0 Å². The number of fused-ring (bicyclic) bond motifs is 1. The van der Waals surface area contributed by atoms with Crippen LogP contribution in [0, 0.1) is 5.92 Å². The lowest BCUT2D eigenvalue weighted by Gasteiger charge is -2.15. The fraction of sp³-hybridized carbons (Fsp3) is 0.250. The molecule has 3 heteroatoms. The molecule has 2 heterocycles. The second-order valence-corrected chi connectivity index (χ2v) is 2.58. The van der Waals surface area contributed by atoms with Crippen LogP contribution in [0.1, 0.15) is 0 Å². The number of dihydropyridines is 1. The number of carbonyl (C=O) groups is 1. The lowest BCUT2D eigenvalue weighted by atomic mass is 9.99. The van der Waals surface area contributed by atoms with Crippen molar-refractivity contribution in [2.24, 2.45) is 10.9 Å². The van der Waals surface area contributed by atoms with Crippen LogP contribution < -0.4 is 5.32 Å². The summed E-state index contributed by atoms with van der Waals surface area (Å²) in [5.74, 6) is 0.150. The maximum Gasteiger partial charge on any atom is 0.148 e. The molecule has 0 saturated heterocycles. The van der Waals surface area contributed by atoms with E-state index in [1.165, 1.54) is 0 Å². The lowest BCUT2D eigenvalue weighted by molar-refractivity contribution is -0.105. The van der Waals surface area contributed by atoms with E-state index in [9.17, 15) is 4.79 Å². The summed E-state index contributed by atoms with van der Waals surface area (Å²) < 4.78 is 0. The van der Waals surface area contributed by atoms with Gasteiger partial charge in [-0.15, -0.1) is 0 Å². The number of aldehydes is 1. The second kappa shape index (κ2) is 2.34. The predicted molar refractivity (Wildman–Crippen MR) is 42.2 cm³/mol.